The Morgan fingerprint density at radius 1 is 1.09 bits per heavy atom. The molecule has 4 rings (SSSR count). The monoisotopic (exact) mass is 448 g/mol. The van der Waals surface area contributed by atoms with Gasteiger partial charge in [0.1, 0.15) is 11.9 Å². The Kier molecular flexibility index (Phi) is 7.36. The van der Waals surface area contributed by atoms with Crippen molar-refractivity contribution in [2.24, 2.45) is 0 Å². The van der Waals surface area contributed by atoms with Gasteiger partial charge < -0.3 is 19.9 Å². The first-order valence-corrected chi connectivity index (χ1v) is 11.0. The largest absolute Gasteiger partial charge is 0.506 e. The molecule has 1 unspecified atom stereocenters. The predicted octanol–water partition coefficient (Wildman–Crippen LogP) is 4.60. The Labute approximate surface area is 193 Å². The molecule has 8 heteroatoms. The molecule has 1 saturated heterocycles. The average Bonchev–Trinajstić information content (AvgIpc) is 2.84. The summed E-state index contributed by atoms with van der Waals surface area (Å²) in [6.45, 7) is 2.51. The van der Waals surface area contributed by atoms with Gasteiger partial charge in [-0.05, 0) is 61.2 Å². The van der Waals surface area contributed by atoms with E-state index in [1.165, 1.54) is 5.56 Å². The summed E-state index contributed by atoms with van der Waals surface area (Å²) in [7, 11) is 1.65. The molecule has 1 aliphatic heterocycles. The molecule has 172 valence electrons. The Hall–Kier alpha value is -3.65. The number of hydrogen-bond acceptors (Lipinski definition) is 7. The maximum absolute atomic E-state index is 10.8. The first-order chi connectivity index (χ1) is 16.1. The number of aromatic nitrogens is 2. The molecule has 8 nitrogen and oxygen atoms in total. The lowest BCUT2D eigenvalue weighted by atomic mass is 10.1. The zero-order valence-corrected chi connectivity index (χ0v) is 18.6. The molecule has 2 aromatic carbocycles. The molecule has 0 aliphatic carbocycles. The van der Waals surface area contributed by atoms with Gasteiger partial charge in [-0.3, -0.25) is 4.90 Å². The molecule has 1 aliphatic rings. The van der Waals surface area contributed by atoms with E-state index >= 15 is 0 Å². The van der Waals surface area contributed by atoms with Gasteiger partial charge in [0.2, 0.25) is 5.95 Å². The summed E-state index contributed by atoms with van der Waals surface area (Å²) in [5.74, 6) is 1.35. The predicted molar refractivity (Wildman–Crippen MR) is 126 cm³/mol. The molecule has 3 aromatic rings. The van der Waals surface area contributed by atoms with E-state index in [0.717, 1.165) is 54.9 Å². The smallest absolute Gasteiger partial charge is 0.497 e. The van der Waals surface area contributed by atoms with Crippen molar-refractivity contribution in [3.05, 3.63) is 66.5 Å². The molecule has 1 fully saturated rings. The molecule has 0 spiro atoms. The van der Waals surface area contributed by atoms with Crippen LogP contribution in [-0.4, -0.2) is 59.0 Å². The standard InChI is InChI=1S/C25H28N4O4/c1-32-22-10-6-19(7-11-22)20-15-26-24(27-16-20)28-21-8-4-18(5-9-21)12-14-29-13-2-3-23(17-29)33-25(30)31/h4-11,15-16,23H,2-3,12-14,17H2,1H3,(H,30,31)(H,26,27,28). The van der Waals surface area contributed by atoms with Crippen LogP contribution in [0.15, 0.2) is 60.9 Å². The molecule has 0 saturated carbocycles. The molecule has 2 N–H and O–H groups in total. The number of piperidine rings is 1. The van der Waals surface area contributed by atoms with Crippen LogP contribution in [0.4, 0.5) is 16.4 Å². The number of ether oxygens (including phenoxy) is 2. The number of likely N-dealkylation sites (tertiary alicyclic amines) is 1. The van der Waals surface area contributed by atoms with Crippen molar-refractivity contribution in [2.45, 2.75) is 25.4 Å². The molecule has 1 atom stereocenters. The summed E-state index contributed by atoms with van der Waals surface area (Å²) in [6.07, 6.45) is 4.83. The van der Waals surface area contributed by atoms with E-state index < -0.39 is 6.16 Å². The number of rotatable bonds is 8. The zero-order chi connectivity index (χ0) is 23.0. The SMILES string of the molecule is COc1ccc(-c2cnc(Nc3ccc(CCN4CCCC(OC(=O)O)C4)cc3)nc2)cc1. The minimum Gasteiger partial charge on any atom is -0.497 e. The fourth-order valence-electron chi connectivity index (χ4n) is 3.95. The van der Waals surface area contributed by atoms with Crippen LogP contribution in [0.5, 0.6) is 5.75 Å². The molecule has 1 aromatic heterocycles. The molecule has 33 heavy (non-hydrogen) atoms. The van der Waals surface area contributed by atoms with Crippen molar-refractivity contribution in [3.63, 3.8) is 0 Å². The van der Waals surface area contributed by atoms with Crippen molar-refractivity contribution in [1.29, 1.82) is 0 Å². The van der Waals surface area contributed by atoms with E-state index in [1.54, 1.807) is 19.5 Å². The van der Waals surface area contributed by atoms with Gasteiger partial charge in [0.15, 0.2) is 0 Å². The summed E-state index contributed by atoms with van der Waals surface area (Å²) >= 11 is 0. The minimum absolute atomic E-state index is 0.223. The number of carbonyl (C=O) groups is 1. The second-order valence-electron chi connectivity index (χ2n) is 8.04. The lowest BCUT2D eigenvalue weighted by Gasteiger charge is -2.31. The van der Waals surface area contributed by atoms with Gasteiger partial charge in [0.05, 0.1) is 7.11 Å². The zero-order valence-electron chi connectivity index (χ0n) is 18.6. The topological polar surface area (TPSA) is 96.8 Å². The van der Waals surface area contributed by atoms with Crippen LogP contribution >= 0.6 is 0 Å². The van der Waals surface area contributed by atoms with Crippen LogP contribution < -0.4 is 10.1 Å². The third-order valence-electron chi connectivity index (χ3n) is 5.73. The van der Waals surface area contributed by atoms with Gasteiger partial charge in [-0.2, -0.15) is 0 Å². The average molecular weight is 449 g/mol. The fraction of sp³-hybridized carbons (Fsp3) is 0.320. The summed E-state index contributed by atoms with van der Waals surface area (Å²) in [4.78, 5) is 21.9. The van der Waals surface area contributed by atoms with Gasteiger partial charge in [-0.1, -0.05) is 24.3 Å². The van der Waals surface area contributed by atoms with E-state index in [9.17, 15) is 4.79 Å². The van der Waals surface area contributed by atoms with Crippen molar-refractivity contribution >= 4 is 17.8 Å². The van der Waals surface area contributed by atoms with Crippen molar-refractivity contribution in [3.8, 4) is 16.9 Å². The molecule has 2 heterocycles. The number of benzene rings is 2. The molecular weight excluding hydrogens is 420 g/mol. The number of nitrogens with zero attached hydrogens (tertiary/aromatic N) is 3. The normalized spacial score (nSPS) is 16.2. The second-order valence-corrected chi connectivity index (χ2v) is 8.04. The first kappa shape index (κ1) is 22.5. The molecular formula is C25H28N4O4. The quantitative estimate of drug-likeness (QED) is 0.483. The van der Waals surface area contributed by atoms with Crippen LogP contribution in [0.25, 0.3) is 11.1 Å². The maximum Gasteiger partial charge on any atom is 0.506 e. The highest BCUT2D eigenvalue weighted by molar-refractivity contribution is 5.63. The fourth-order valence-corrected chi connectivity index (χ4v) is 3.95. The Morgan fingerprint density at radius 3 is 2.48 bits per heavy atom. The lowest BCUT2D eigenvalue weighted by molar-refractivity contribution is 0.0138. The Morgan fingerprint density at radius 2 is 1.82 bits per heavy atom. The number of anilines is 2. The second kappa shape index (κ2) is 10.8. The van der Waals surface area contributed by atoms with Crippen LogP contribution in [0.3, 0.4) is 0 Å². The van der Waals surface area contributed by atoms with Crippen LogP contribution in [0.1, 0.15) is 18.4 Å². The van der Waals surface area contributed by atoms with Crippen LogP contribution in [0, 0.1) is 0 Å². The van der Waals surface area contributed by atoms with Crippen LogP contribution in [0.2, 0.25) is 0 Å². The number of hydrogen-bond donors (Lipinski definition) is 2. The van der Waals surface area contributed by atoms with Crippen molar-refractivity contribution in [2.75, 3.05) is 32.1 Å². The van der Waals surface area contributed by atoms with E-state index in [4.69, 9.17) is 14.6 Å². The van der Waals surface area contributed by atoms with Gasteiger partial charge in [-0.25, -0.2) is 14.8 Å². The van der Waals surface area contributed by atoms with Crippen LogP contribution in [-0.2, 0) is 11.2 Å². The molecule has 0 bridgehead atoms. The number of methoxy groups -OCH3 is 1. The van der Waals surface area contributed by atoms with Gasteiger partial charge >= 0.3 is 6.16 Å². The van der Waals surface area contributed by atoms with E-state index in [1.807, 2.05) is 36.4 Å². The van der Waals surface area contributed by atoms with E-state index in [-0.39, 0.29) is 6.10 Å². The van der Waals surface area contributed by atoms with Gasteiger partial charge in [-0.15, -0.1) is 0 Å². The van der Waals surface area contributed by atoms with Crippen molar-refractivity contribution < 1.29 is 19.4 Å². The highest BCUT2D eigenvalue weighted by Gasteiger charge is 2.22. The Bertz CT molecular complexity index is 1040. The van der Waals surface area contributed by atoms with E-state index in [2.05, 4.69) is 32.3 Å². The number of nitrogens with one attached hydrogen (secondary N) is 1. The Balaban J connectivity index is 1.28. The summed E-state index contributed by atoms with van der Waals surface area (Å²) < 4.78 is 10.1. The summed E-state index contributed by atoms with van der Waals surface area (Å²) in [5, 5.41) is 12.0. The van der Waals surface area contributed by atoms with E-state index in [0.29, 0.717) is 12.5 Å². The molecule has 0 radical (unpaired) electrons. The first-order valence-electron chi connectivity index (χ1n) is 11.0. The lowest BCUT2D eigenvalue weighted by Crippen LogP contribution is -2.41. The number of carboxylic acid groups (broad SMARTS) is 1. The highest BCUT2D eigenvalue weighted by Crippen LogP contribution is 2.22. The van der Waals surface area contributed by atoms with Gasteiger partial charge in [0.25, 0.3) is 0 Å². The highest BCUT2D eigenvalue weighted by atomic mass is 16.7. The maximum atomic E-state index is 10.8. The third-order valence-corrected chi connectivity index (χ3v) is 5.73. The van der Waals surface area contributed by atoms with Crippen molar-refractivity contribution in [1.82, 2.24) is 14.9 Å². The summed E-state index contributed by atoms with van der Waals surface area (Å²) in [6, 6.07) is 16.0. The summed E-state index contributed by atoms with van der Waals surface area (Å²) in [5.41, 5.74) is 4.11. The molecule has 0 amide bonds. The third kappa shape index (κ3) is 6.43. The minimum atomic E-state index is -1.19. The van der Waals surface area contributed by atoms with Gasteiger partial charge in [0, 0.05) is 36.7 Å².